The summed E-state index contributed by atoms with van der Waals surface area (Å²) < 4.78 is 0. The Kier molecular flexibility index (Phi) is 4.37. The molecule has 0 bridgehead atoms. The normalized spacial score (nSPS) is 10.2. The molecule has 4 N–H and O–H groups in total. The molecular formula is C14H15N3O2S. The van der Waals surface area contributed by atoms with Gasteiger partial charge in [0.15, 0.2) is 0 Å². The maximum Gasteiger partial charge on any atom is 0.264 e. The molecule has 2 aromatic rings. The van der Waals surface area contributed by atoms with Crippen LogP contribution in [0, 0.1) is 0 Å². The Balaban J connectivity index is 2.17. The predicted molar refractivity (Wildman–Crippen MR) is 79.1 cm³/mol. The Hall–Kier alpha value is -2.34. The summed E-state index contributed by atoms with van der Waals surface area (Å²) in [5.74, 6) is -0.735. The Morgan fingerprint density at radius 1 is 1.15 bits per heavy atom. The van der Waals surface area contributed by atoms with Crippen LogP contribution < -0.4 is 11.5 Å². The third-order valence-electron chi connectivity index (χ3n) is 2.72. The fraction of sp³-hybridized carbons (Fsp3) is 0.143. The van der Waals surface area contributed by atoms with Crippen LogP contribution in [-0.4, -0.2) is 23.3 Å². The molecule has 0 atom stereocenters. The van der Waals surface area contributed by atoms with E-state index < -0.39 is 5.91 Å². The molecule has 6 heteroatoms. The third-order valence-corrected chi connectivity index (χ3v) is 3.58. The highest BCUT2D eigenvalue weighted by Gasteiger charge is 2.18. The van der Waals surface area contributed by atoms with Crippen LogP contribution in [-0.2, 0) is 11.3 Å². The van der Waals surface area contributed by atoms with Crippen LogP contribution >= 0.6 is 11.3 Å². The number of carbonyl (C=O) groups is 2. The maximum atomic E-state index is 12.3. The van der Waals surface area contributed by atoms with Crippen LogP contribution in [0.2, 0.25) is 0 Å². The van der Waals surface area contributed by atoms with Gasteiger partial charge in [-0.15, -0.1) is 11.3 Å². The number of amides is 2. The summed E-state index contributed by atoms with van der Waals surface area (Å²) in [4.78, 5) is 25.5. The topological polar surface area (TPSA) is 89.4 Å². The fourth-order valence-electron chi connectivity index (χ4n) is 1.79. The van der Waals surface area contributed by atoms with Gasteiger partial charge in [-0.25, -0.2) is 0 Å². The average Bonchev–Trinajstić information content (AvgIpc) is 2.93. The Morgan fingerprint density at radius 3 is 2.40 bits per heavy atom. The lowest BCUT2D eigenvalue weighted by atomic mass is 10.2. The minimum Gasteiger partial charge on any atom is -0.399 e. The molecule has 0 saturated heterocycles. The Bertz CT molecular complexity index is 593. The molecule has 0 radical (unpaired) electrons. The van der Waals surface area contributed by atoms with E-state index in [0.29, 0.717) is 17.1 Å². The molecular weight excluding hydrogens is 274 g/mol. The molecule has 1 aromatic carbocycles. The van der Waals surface area contributed by atoms with Gasteiger partial charge in [-0.1, -0.05) is 18.2 Å². The zero-order chi connectivity index (χ0) is 14.5. The van der Waals surface area contributed by atoms with Gasteiger partial charge in [0.1, 0.15) is 6.54 Å². The van der Waals surface area contributed by atoms with Crippen molar-refractivity contribution in [1.29, 1.82) is 0 Å². The second kappa shape index (κ2) is 6.21. The van der Waals surface area contributed by atoms with Crippen molar-refractivity contribution in [1.82, 2.24) is 4.90 Å². The number of nitrogens with two attached hydrogens (primary N) is 2. The van der Waals surface area contributed by atoms with Crippen molar-refractivity contribution in [3.05, 3.63) is 52.2 Å². The largest absolute Gasteiger partial charge is 0.399 e. The van der Waals surface area contributed by atoms with Gasteiger partial charge in [0, 0.05) is 12.2 Å². The van der Waals surface area contributed by atoms with Gasteiger partial charge in [-0.05, 0) is 29.1 Å². The number of hydrogen-bond donors (Lipinski definition) is 2. The maximum absolute atomic E-state index is 12.3. The Morgan fingerprint density at radius 2 is 1.85 bits per heavy atom. The molecule has 0 saturated carbocycles. The number of primary amides is 1. The molecule has 20 heavy (non-hydrogen) atoms. The number of rotatable bonds is 5. The van der Waals surface area contributed by atoms with Crippen molar-refractivity contribution < 1.29 is 9.59 Å². The third kappa shape index (κ3) is 3.58. The number of nitrogen functional groups attached to an aromatic ring is 1. The number of anilines is 1. The molecule has 2 rings (SSSR count). The van der Waals surface area contributed by atoms with Crippen molar-refractivity contribution in [3.63, 3.8) is 0 Å². The lowest BCUT2D eigenvalue weighted by molar-refractivity contribution is -0.118. The smallest absolute Gasteiger partial charge is 0.264 e. The van der Waals surface area contributed by atoms with E-state index in [0.717, 1.165) is 5.56 Å². The average molecular weight is 289 g/mol. The van der Waals surface area contributed by atoms with E-state index in [1.807, 2.05) is 17.5 Å². The zero-order valence-corrected chi connectivity index (χ0v) is 11.6. The van der Waals surface area contributed by atoms with Gasteiger partial charge in [-0.3, -0.25) is 9.59 Å². The molecule has 0 fully saturated rings. The van der Waals surface area contributed by atoms with Gasteiger partial charge in [-0.2, -0.15) is 0 Å². The number of thiophene rings is 1. The highest BCUT2D eigenvalue weighted by atomic mass is 32.1. The molecule has 1 aromatic heterocycles. The van der Waals surface area contributed by atoms with E-state index in [2.05, 4.69) is 0 Å². The first-order chi connectivity index (χ1) is 9.56. The molecule has 104 valence electrons. The van der Waals surface area contributed by atoms with Gasteiger partial charge < -0.3 is 16.4 Å². The molecule has 1 heterocycles. The SMILES string of the molecule is NC(=O)CN(Cc1ccc(N)cc1)C(=O)c1cccs1. The summed E-state index contributed by atoms with van der Waals surface area (Å²) in [5, 5.41) is 1.82. The highest BCUT2D eigenvalue weighted by molar-refractivity contribution is 7.12. The van der Waals surface area contributed by atoms with Crippen LogP contribution in [0.3, 0.4) is 0 Å². The van der Waals surface area contributed by atoms with Crippen molar-refractivity contribution in [2.24, 2.45) is 5.73 Å². The van der Waals surface area contributed by atoms with E-state index in [4.69, 9.17) is 11.5 Å². The molecule has 0 aliphatic heterocycles. The number of hydrogen-bond acceptors (Lipinski definition) is 4. The summed E-state index contributed by atoms with van der Waals surface area (Å²) in [7, 11) is 0. The molecule has 0 aliphatic rings. The standard InChI is InChI=1S/C14H15N3O2S/c15-11-5-3-10(4-6-11)8-17(9-13(16)18)14(19)12-2-1-7-20-12/h1-7H,8-9,15H2,(H2,16,18). The van der Waals surface area contributed by atoms with Gasteiger partial charge in [0.2, 0.25) is 5.91 Å². The van der Waals surface area contributed by atoms with Crippen LogP contribution in [0.4, 0.5) is 5.69 Å². The summed E-state index contributed by atoms with van der Waals surface area (Å²) in [6.45, 7) is 0.209. The van der Waals surface area contributed by atoms with Gasteiger partial charge in [0.05, 0.1) is 4.88 Å². The van der Waals surface area contributed by atoms with Crippen LogP contribution in [0.5, 0.6) is 0 Å². The number of nitrogens with zero attached hydrogens (tertiary/aromatic N) is 1. The monoisotopic (exact) mass is 289 g/mol. The van der Waals surface area contributed by atoms with E-state index in [1.54, 1.807) is 24.3 Å². The Labute approximate surface area is 120 Å². The molecule has 5 nitrogen and oxygen atoms in total. The van der Waals surface area contributed by atoms with E-state index in [9.17, 15) is 9.59 Å². The first-order valence-corrected chi connectivity index (χ1v) is 6.89. The van der Waals surface area contributed by atoms with Crippen LogP contribution in [0.15, 0.2) is 41.8 Å². The van der Waals surface area contributed by atoms with Crippen molar-refractivity contribution in [2.45, 2.75) is 6.54 Å². The molecule has 2 amide bonds. The zero-order valence-electron chi connectivity index (χ0n) is 10.8. The van der Waals surface area contributed by atoms with E-state index in [-0.39, 0.29) is 12.5 Å². The number of carbonyl (C=O) groups excluding carboxylic acids is 2. The number of benzene rings is 1. The molecule has 0 unspecified atom stereocenters. The molecule has 0 aliphatic carbocycles. The van der Waals surface area contributed by atoms with Crippen molar-refractivity contribution in [2.75, 3.05) is 12.3 Å². The van der Waals surface area contributed by atoms with Gasteiger partial charge >= 0.3 is 0 Å². The first kappa shape index (κ1) is 14.1. The summed E-state index contributed by atoms with van der Waals surface area (Å²) >= 11 is 1.34. The quantitative estimate of drug-likeness (QED) is 0.816. The predicted octanol–water partition coefficient (Wildman–Crippen LogP) is 1.46. The second-order valence-corrected chi connectivity index (χ2v) is 5.29. The fourth-order valence-corrected chi connectivity index (χ4v) is 2.48. The lowest BCUT2D eigenvalue weighted by Crippen LogP contribution is -2.37. The van der Waals surface area contributed by atoms with E-state index >= 15 is 0 Å². The van der Waals surface area contributed by atoms with Gasteiger partial charge in [0.25, 0.3) is 5.91 Å². The summed E-state index contributed by atoms with van der Waals surface area (Å²) in [5.41, 5.74) is 12.4. The summed E-state index contributed by atoms with van der Waals surface area (Å²) in [6.07, 6.45) is 0. The van der Waals surface area contributed by atoms with Crippen LogP contribution in [0.1, 0.15) is 15.2 Å². The van der Waals surface area contributed by atoms with Crippen LogP contribution in [0.25, 0.3) is 0 Å². The van der Waals surface area contributed by atoms with Crippen molar-refractivity contribution >= 4 is 28.8 Å². The van der Waals surface area contributed by atoms with Crippen molar-refractivity contribution in [3.8, 4) is 0 Å². The highest BCUT2D eigenvalue weighted by Crippen LogP contribution is 2.15. The molecule has 0 spiro atoms. The summed E-state index contributed by atoms with van der Waals surface area (Å²) in [6, 6.07) is 10.7. The van der Waals surface area contributed by atoms with E-state index in [1.165, 1.54) is 16.2 Å². The minimum atomic E-state index is -0.537. The second-order valence-electron chi connectivity index (χ2n) is 4.35. The lowest BCUT2D eigenvalue weighted by Gasteiger charge is -2.20. The minimum absolute atomic E-state index is 0.110. The first-order valence-electron chi connectivity index (χ1n) is 6.02.